The molecule has 26 heavy (non-hydrogen) atoms. The minimum atomic E-state index is 0.792. The van der Waals surface area contributed by atoms with Gasteiger partial charge in [0.05, 0.1) is 31.9 Å². The SMILES string of the molecule is Cc1ccc2nc(N3CCOCC3)c(CCCN3CCOCC3)cc2c1. The molecule has 4 rings (SSSR count). The summed E-state index contributed by atoms with van der Waals surface area (Å²) < 4.78 is 11.0. The van der Waals surface area contributed by atoms with Crippen LogP contribution in [0.5, 0.6) is 0 Å². The van der Waals surface area contributed by atoms with Crippen molar-refractivity contribution < 1.29 is 9.47 Å². The first-order valence-electron chi connectivity index (χ1n) is 9.83. The molecule has 3 heterocycles. The van der Waals surface area contributed by atoms with Crippen molar-refractivity contribution in [2.45, 2.75) is 19.8 Å². The minimum Gasteiger partial charge on any atom is -0.379 e. The molecule has 0 N–H and O–H groups in total. The Labute approximate surface area is 155 Å². The molecule has 0 bridgehead atoms. The van der Waals surface area contributed by atoms with E-state index >= 15 is 0 Å². The molecule has 5 heteroatoms. The van der Waals surface area contributed by atoms with Gasteiger partial charge in [0.2, 0.25) is 0 Å². The second-order valence-corrected chi connectivity index (χ2v) is 7.32. The first kappa shape index (κ1) is 17.7. The maximum atomic E-state index is 5.54. The van der Waals surface area contributed by atoms with Gasteiger partial charge in [0.15, 0.2) is 0 Å². The van der Waals surface area contributed by atoms with Crippen molar-refractivity contribution in [2.75, 3.05) is 64.1 Å². The molecule has 0 amide bonds. The molecule has 2 fully saturated rings. The third kappa shape index (κ3) is 4.17. The molecule has 0 unspecified atom stereocenters. The van der Waals surface area contributed by atoms with Crippen LogP contribution in [-0.2, 0) is 15.9 Å². The van der Waals surface area contributed by atoms with E-state index in [0.717, 1.165) is 83.3 Å². The Bertz CT molecular complexity index is 737. The average molecular weight is 355 g/mol. The summed E-state index contributed by atoms with van der Waals surface area (Å²) in [5.41, 5.74) is 3.75. The van der Waals surface area contributed by atoms with Crippen LogP contribution >= 0.6 is 0 Å². The van der Waals surface area contributed by atoms with Crippen molar-refractivity contribution in [3.8, 4) is 0 Å². The van der Waals surface area contributed by atoms with Crippen molar-refractivity contribution in [3.63, 3.8) is 0 Å². The van der Waals surface area contributed by atoms with Gasteiger partial charge in [-0.2, -0.15) is 0 Å². The Kier molecular flexibility index (Phi) is 5.68. The highest BCUT2D eigenvalue weighted by Gasteiger charge is 2.18. The first-order valence-corrected chi connectivity index (χ1v) is 9.83. The Morgan fingerprint density at radius 3 is 2.46 bits per heavy atom. The van der Waals surface area contributed by atoms with Gasteiger partial charge in [0.25, 0.3) is 0 Å². The largest absolute Gasteiger partial charge is 0.379 e. The van der Waals surface area contributed by atoms with E-state index in [9.17, 15) is 0 Å². The van der Waals surface area contributed by atoms with E-state index in [1.807, 2.05) is 0 Å². The fourth-order valence-corrected chi connectivity index (χ4v) is 3.88. The maximum Gasteiger partial charge on any atom is 0.132 e. The molecule has 0 saturated carbocycles. The number of hydrogen-bond acceptors (Lipinski definition) is 5. The summed E-state index contributed by atoms with van der Waals surface area (Å²) in [6.07, 6.45) is 2.23. The molecular weight excluding hydrogens is 326 g/mol. The maximum absolute atomic E-state index is 5.54. The molecular formula is C21H29N3O2. The Hall–Kier alpha value is -1.69. The van der Waals surface area contributed by atoms with Gasteiger partial charge in [-0.3, -0.25) is 4.90 Å². The number of hydrogen-bond donors (Lipinski definition) is 0. The topological polar surface area (TPSA) is 37.8 Å². The van der Waals surface area contributed by atoms with Crippen LogP contribution in [0.25, 0.3) is 10.9 Å². The summed E-state index contributed by atoms with van der Waals surface area (Å²) in [5, 5.41) is 1.25. The summed E-state index contributed by atoms with van der Waals surface area (Å²) in [6, 6.07) is 8.90. The number of nitrogens with zero attached hydrogens (tertiary/aromatic N) is 3. The van der Waals surface area contributed by atoms with Gasteiger partial charge < -0.3 is 14.4 Å². The first-order chi connectivity index (χ1) is 12.8. The summed E-state index contributed by atoms with van der Waals surface area (Å²) >= 11 is 0. The van der Waals surface area contributed by atoms with Crippen molar-refractivity contribution in [3.05, 3.63) is 35.4 Å². The van der Waals surface area contributed by atoms with Crippen LogP contribution in [0.1, 0.15) is 17.5 Å². The van der Waals surface area contributed by atoms with Crippen LogP contribution in [-0.4, -0.2) is 69.0 Å². The molecule has 1 aromatic carbocycles. The molecule has 1 aromatic heterocycles. The number of anilines is 1. The predicted octanol–water partition coefficient (Wildman–Crippen LogP) is 2.64. The Morgan fingerprint density at radius 1 is 0.962 bits per heavy atom. The van der Waals surface area contributed by atoms with Crippen LogP contribution < -0.4 is 4.90 Å². The number of aromatic nitrogens is 1. The van der Waals surface area contributed by atoms with Crippen molar-refractivity contribution in [1.82, 2.24) is 9.88 Å². The van der Waals surface area contributed by atoms with Crippen LogP contribution in [0.3, 0.4) is 0 Å². The molecule has 0 radical (unpaired) electrons. The molecule has 2 aliphatic heterocycles. The summed E-state index contributed by atoms with van der Waals surface area (Å²) in [4.78, 5) is 9.95. The average Bonchev–Trinajstić information content (AvgIpc) is 2.69. The van der Waals surface area contributed by atoms with Gasteiger partial charge in [-0.15, -0.1) is 0 Å². The van der Waals surface area contributed by atoms with Crippen molar-refractivity contribution in [2.24, 2.45) is 0 Å². The standard InChI is InChI=1S/C21H29N3O2/c1-17-4-5-20-19(15-17)16-18(3-2-6-23-7-11-25-12-8-23)21(22-20)24-9-13-26-14-10-24/h4-5,15-16H,2-3,6-14H2,1H3. The lowest BCUT2D eigenvalue weighted by molar-refractivity contribution is 0.0374. The Balaban J connectivity index is 1.55. The zero-order chi connectivity index (χ0) is 17.8. The van der Waals surface area contributed by atoms with E-state index in [1.165, 1.54) is 16.5 Å². The fourth-order valence-electron chi connectivity index (χ4n) is 3.88. The Morgan fingerprint density at radius 2 is 1.69 bits per heavy atom. The number of benzene rings is 1. The zero-order valence-corrected chi connectivity index (χ0v) is 15.7. The highest BCUT2D eigenvalue weighted by Crippen LogP contribution is 2.26. The van der Waals surface area contributed by atoms with Crippen LogP contribution in [0.2, 0.25) is 0 Å². The van der Waals surface area contributed by atoms with Gasteiger partial charge in [-0.1, -0.05) is 11.6 Å². The van der Waals surface area contributed by atoms with Gasteiger partial charge >= 0.3 is 0 Å². The molecule has 0 atom stereocenters. The van der Waals surface area contributed by atoms with Gasteiger partial charge in [0.1, 0.15) is 5.82 Å². The third-order valence-corrected chi connectivity index (χ3v) is 5.36. The van der Waals surface area contributed by atoms with Crippen molar-refractivity contribution in [1.29, 1.82) is 0 Å². The number of aryl methyl sites for hydroxylation is 2. The number of fused-ring (bicyclic) bond motifs is 1. The molecule has 0 spiro atoms. The number of rotatable bonds is 5. The highest BCUT2D eigenvalue weighted by molar-refractivity contribution is 5.82. The van der Waals surface area contributed by atoms with Crippen molar-refractivity contribution >= 4 is 16.7 Å². The van der Waals surface area contributed by atoms with E-state index in [1.54, 1.807) is 0 Å². The molecule has 2 saturated heterocycles. The van der Waals surface area contributed by atoms with E-state index in [4.69, 9.17) is 14.5 Å². The quantitative estimate of drug-likeness (QED) is 0.824. The molecule has 140 valence electrons. The lowest BCUT2D eigenvalue weighted by Crippen LogP contribution is -2.38. The molecule has 5 nitrogen and oxygen atoms in total. The lowest BCUT2D eigenvalue weighted by atomic mass is 10.0. The third-order valence-electron chi connectivity index (χ3n) is 5.36. The molecule has 0 aliphatic carbocycles. The number of ether oxygens (including phenoxy) is 2. The van der Waals surface area contributed by atoms with Crippen LogP contribution in [0, 0.1) is 6.92 Å². The summed E-state index contributed by atoms with van der Waals surface area (Å²) in [6.45, 7) is 10.6. The smallest absolute Gasteiger partial charge is 0.132 e. The minimum absolute atomic E-state index is 0.792. The molecule has 2 aliphatic rings. The highest BCUT2D eigenvalue weighted by atomic mass is 16.5. The van der Waals surface area contributed by atoms with E-state index in [-0.39, 0.29) is 0 Å². The second kappa shape index (κ2) is 8.33. The normalized spacial score (nSPS) is 19.2. The van der Waals surface area contributed by atoms with Gasteiger partial charge in [-0.25, -0.2) is 4.98 Å². The summed E-state index contributed by atoms with van der Waals surface area (Å²) in [5.74, 6) is 1.16. The lowest BCUT2D eigenvalue weighted by Gasteiger charge is -2.30. The predicted molar refractivity (Wildman–Crippen MR) is 105 cm³/mol. The van der Waals surface area contributed by atoms with E-state index in [2.05, 4.69) is 41.0 Å². The fraction of sp³-hybridized carbons (Fsp3) is 0.571. The van der Waals surface area contributed by atoms with Gasteiger partial charge in [0, 0.05) is 31.6 Å². The number of pyridine rings is 1. The monoisotopic (exact) mass is 355 g/mol. The van der Waals surface area contributed by atoms with Crippen LogP contribution in [0.15, 0.2) is 24.3 Å². The van der Waals surface area contributed by atoms with Gasteiger partial charge in [-0.05, 0) is 50.1 Å². The summed E-state index contributed by atoms with van der Waals surface area (Å²) in [7, 11) is 0. The second-order valence-electron chi connectivity index (χ2n) is 7.32. The number of morpholine rings is 2. The van der Waals surface area contributed by atoms with E-state index in [0.29, 0.717) is 0 Å². The zero-order valence-electron chi connectivity index (χ0n) is 15.7. The van der Waals surface area contributed by atoms with Crippen LogP contribution in [0.4, 0.5) is 5.82 Å². The van der Waals surface area contributed by atoms with E-state index < -0.39 is 0 Å². The molecule has 2 aromatic rings.